The van der Waals surface area contributed by atoms with E-state index in [0.717, 1.165) is 43.2 Å². The Hall–Kier alpha value is -1.88. The summed E-state index contributed by atoms with van der Waals surface area (Å²) in [6.07, 6.45) is 0. The van der Waals surface area contributed by atoms with Crippen molar-refractivity contribution in [2.45, 2.75) is 38.0 Å². The minimum atomic E-state index is -1.18. The second-order valence-electron chi connectivity index (χ2n) is 8.74. The van der Waals surface area contributed by atoms with Crippen LogP contribution in [0.2, 0.25) is 0 Å². The van der Waals surface area contributed by atoms with Crippen molar-refractivity contribution in [2.24, 2.45) is 11.5 Å². The molecule has 2 unspecified atom stereocenters. The molecule has 1 aromatic rings. The first-order valence-corrected chi connectivity index (χ1v) is 19.2. The maximum absolute atomic E-state index is 13.4. The third-order valence-electron chi connectivity index (χ3n) is 5.44. The van der Waals surface area contributed by atoms with Gasteiger partial charge in [0.25, 0.3) is 11.8 Å². The second kappa shape index (κ2) is 20.4. The van der Waals surface area contributed by atoms with E-state index in [2.05, 4.69) is 40.9 Å². The number of carbonyl (C=O) groups excluding carboxylic acids is 6. The Bertz CT molecular complexity index is 1130. The number of hydrogen-bond acceptors (Lipinski definition) is 18. The lowest BCUT2D eigenvalue weighted by Crippen LogP contribution is -2.44. The average Bonchev–Trinajstić information content (AvgIpc) is 3.43. The third-order valence-corrected chi connectivity index (χ3v) is 10.8. The Balaban J connectivity index is 2.24. The number of amides is 2. The van der Waals surface area contributed by atoms with Crippen LogP contribution in [0.5, 0.6) is 11.5 Å². The van der Waals surface area contributed by atoms with Crippen LogP contribution in [0.1, 0.15) is 34.8 Å². The molecule has 0 saturated carbocycles. The summed E-state index contributed by atoms with van der Waals surface area (Å²) in [5.74, 6) is -3.12. The van der Waals surface area contributed by atoms with Gasteiger partial charge in [0.2, 0.25) is 10.2 Å². The fourth-order valence-corrected chi connectivity index (χ4v) is 7.96. The number of hydrogen-bond donors (Lipinski definition) is 7. The van der Waals surface area contributed by atoms with Crippen LogP contribution in [0.4, 0.5) is 0 Å². The molecule has 0 fully saturated rings. The zero-order valence-corrected chi connectivity index (χ0v) is 29.3. The van der Waals surface area contributed by atoms with E-state index in [-0.39, 0.29) is 82.6 Å². The Morgan fingerprint density at radius 3 is 1.49 bits per heavy atom. The smallest absolute Gasteiger partial charge is 0.329 e. The SMILES string of the molecule is CCOC(=O)C(CSSC(=O)[C@@H](N)CS)NC(=O)c1[nH]c(C(=O)NC(CSSC(=O)[C@@H](N)CS)C(=O)OCC)c2c1OCCO2. The number of esters is 2. The zero-order valence-electron chi connectivity index (χ0n) is 24.2. The first-order valence-electron chi connectivity index (χ1n) is 13.3. The van der Waals surface area contributed by atoms with Crippen LogP contribution in [0, 0.1) is 0 Å². The molecule has 2 amide bonds. The molecule has 0 saturated heterocycles. The first-order chi connectivity index (χ1) is 21.5. The molecule has 1 aromatic heterocycles. The number of rotatable bonds is 18. The number of nitrogens with one attached hydrogen (secondary N) is 3. The number of aromatic nitrogens is 1. The lowest BCUT2D eigenvalue weighted by molar-refractivity contribution is -0.145. The second-order valence-corrected chi connectivity index (χ2v) is 14.2. The van der Waals surface area contributed by atoms with Crippen LogP contribution in [-0.4, -0.2) is 113 Å². The summed E-state index contributed by atoms with van der Waals surface area (Å²) in [6, 6.07) is -3.96. The van der Waals surface area contributed by atoms with Crippen molar-refractivity contribution in [2.75, 3.05) is 49.4 Å². The van der Waals surface area contributed by atoms with Gasteiger partial charge in [-0.05, 0) is 35.4 Å². The van der Waals surface area contributed by atoms with Crippen molar-refractivity contribution >= 4 is 102 Å². The highest BCUT2D eigenvalue weighted by molar-refractivity contribution is 8.82. The molecule has 1 aliphatic rings. The molecule has 0 spiro atoms. The summed E-state index contributed by atoms with van der Waals surface area (Å²) in [5, 5.41) is 4.36. The van der Waals surface area contributed by atoms with Gasteiger partial charge < -0.3 is 46.0 Å². The van der Waals surface area contributed by atoms with Gasteiger partial charge in [0, 0.05) is 23.0 Å². The largest absolute Gasteiger partial charge is 0.484 e. The van der Waals surface area contributed by atoms with Crippen molar-refractivity contribution in [3.63, 3.8) is 0 Å². The van der Waals surface area contributed by atoms with E-state index in [9.17, 15) is 28.8 Å². The van der Waals surface area contributed by atoms with Crippen LogP contribution in [-0.2, 0) is 28.7 Å². The lowest BCUT2D eigenvalue weighted by atomic mass is 10.2. The molecule has 2 heterocycles. The average molecular weight is 746 g/mol. The van der Waals surface area contributed by atoms with Crippen molar-refractivity contribution in [3.05, 3.63) is 11.4 Å². The summed E-state index contributed by atoms with van der Waals surface area (Å²) < 4.78 is 21.4. The molecule has 0 aliphatic carbocycles. The molecule has 1 aliphatic heterocycles. The molecule has 4 atom stereocenters. The van der Waals surface area contributed by atoms with Gasteiger partial charge in [-0.2, -0.15) is 25.3 Å². The monoisotopic (exact) mass is 745 g/mol. The molecule has 45 heavy (non-hydrogen) atoms. The van der Waals surface area contributed by atoms with Crippen molar-refractivity contribution in [3.8, 4) is 11.5 Å². The highest BCUT2D eigenvalue weighted by Crippen LogP contribution is 2.38. The van der Waals surface area contributed by atoms with Gasteiger partial charge in [-0.1, -0.05) is 21.6 Å². The van der Waals surface area contributed by atoms with Gasteiger partial charge in [0.05, 0.1) is 25.3 Å². The van der Waals surface area contributed by atoms with Gasteiger partial charge in [0.1, 0.15) is 25.3 Å². The van der Waals surface area contributed by atoms with Crippen LogP contribution in [0.15, 0.2) is 0 Å². The highest BCUT2D eigenvalue weighted by atomic mass is 33.1. The summed E-state index contributed by atoms with van der Waals surface area (Å²) in [7, 11) is 3.63. The van der Waals surface area contributed by atoms with E-state index in [1.807, 2.05) is 0 Å². The van der Waals surface area contributed by atoms with Gasteiger partial charge in [-0.15, -0.1) is 0 Å². The minimum Gasteiger partial charge on any atom is -0.484 e. The van der Waals surface area contributed by atoms with Crippen LogP contribution in [0.25, 0.3) is 0 Å². The number of H-pyrrole nitrogens is 1. The van der Waals surface area contributed by atoms with Crippen LogP contribution < -0.4 is 31.6 Å². The number of fused-ring (bicyclic) bond motifs is 1. The summed E-state index contributed by atoms with van der Waals surface area (Å²) in [5.41, 5.74) is 10.9. The number of aromatic amines is 1. The molecular weight excluding hydrogens is 711 g/mol. The summed E-state index contributed by atoms with van der Waals surface area (Å²) >= 11 is 7.98. The van der Waals surface area contributed by atoms with Gasteiger partial charge in [-0.3, -0.25) is 19.2 Å². The Morgan fingerprint density at radius 1 is 0.778 bits per heavy atom. The maximum Gasteiger partial charge on any atom is 0.329 e. The molecule has 0 aromatic carbocycles. The van der Waals surface area contributed by atoms with Crippen molar-refractivity contribution < 1.29 is 47.7 Å². The predicted molar refractivity (Wildman–Crippen MR) is 181 cm³/mol. The van der Waals surface area contributed by atoms with E-state index in [1.54, 1.807) is 13.8 Å². The van der Waals surface area contributed by atoms with Crippen LogP contribution in [0.3, 0.4) is 0 Å². The number of thiol groups is 2. The Kier molecular flexibility index (Phi) is 17.8. The molecule has 7 N–H and O–H groups in total. The van der Waals surface area contributed by atoms with E-state index in [4.69, 9.17) is 30.4 Å². The molecule has 15 nitrogen and oxygen atoms in total. The quantitative estimate of drug-likeness (QED) is 0.0614. The van der Waals surface area contributed by atoms with Crippen LogP contribution >= 0.6 is 68.4 Å². The van der Waals surface area contributed by atoms with Gasteiger partial charge in [-0.25, -0.2) is 9.59 Å². The third kappa shape index (κ3) is 12.0. The number of carbonyl (C=O) groups is 6. The van der Waals surface area contributed by atoms with Crippen molar-refractivity contribution in [1.82, 2.24) is 15.6 Å². The number of ether oxygens (including phenoxy) is 4. The van der Waals surface area contributed by atoms with Gasteiger partial charge in [0.15, 0.2) is 22.9 Å². The minimum absolute atomic E-state index is 0.0419. The van der Waals surface area contributed by atoms with Gasteiger partial charge >= 0.3 is 11.9 Å². The maximum atomic E-state index is 13.4. The van der Waals surface area contributed by atoms with Crippen molar-refractivity contribution in [1.29, 1.82) is 0 Å². The molecule has 252 valence electrons. The fourth-order valence-electron chi connectivity index (χ4n) is 3.22. The predicted octanol–water partition coefficient (Wildman–Crippen LogP) is 0.439. The fraction of sp³-hybridized carbons (Fsp3) is 0.583. The van der Waals surface area contributed by atoms with E-state index in [1.165, 1.54) is 0 Å². The molecule has 21 heteroatoms. The van der Waals surface area contributed by atoms with E-state index >= 15 is 0 Å². The topological polar surface area (TPSA) is 231 Å². The Labute approximate surface area is 286 Å². The van der Waals surface area contributed by atoms with E-state index < -0.39 is 47.9 Å². The Morgan fingerprint density at radius 2 is 1.16 bits per heavy atom. The molecule has 0 radical (unpaired) electrons. The molecule has 2 rings (SSSR count). The summed E-state index contributed by atoms with van der Waals surface area (Å²) in [6.45, 7) is 3.41. The van der Waals surface area contributed by atoms with E-state index in [0.29, 0.717) is 0 Å². The number of nitrogens with two attached hydrogens (primary N) is 2. The molecular formula is C24H35N5O10S6. The normalized spacial score (nSPS) is 14.8. The molecule has 0 bridgehead atoms. The standard InChI is InChI=1S/C24H35N5O10S6/c1-3-36-21(32)13(9-42-44-23(34)11(25)7-40)27-19(30)15-17-18(39-6-5-38-17)16(29-15)20(31)28-14(22(33)37-4-2)10-43-45-24(35)12(26)8-41/h11-14,29,40-41H,3-10,25-26H2,1-2H3,(H,27,30)(H,28,31)/t11-,12-,13?,14?/m0/s1. The highest BCUT2D eigenvalue weighted by Gasteiger charge is 2.34. The lowest BCUT2D eigenvalue weighted by Gasteiger charge is -2.19. The summed E-state index contributed by atoms with van der Waals surface area (Å²) in [4.78, 5) is 78.7. The zero-order chi connectivity index (χ0) is 33.5. The first kappa shape index (κ1) is 39.3.